The minimum atomic E-state index is 0.884. The van der Waals surface area contributed by atoms with Gasteiger partial charge in [0.05, 0.1) is 0 Å². The summed E-state index contributed by atoms with van der Waals surface area (Å²) in [7, 11) is 0. The standard InChI is InChI=1S/C12H17BrN2/c13-8-11-3-6-15(7-4-11)10-12-2-1-5-14-9-12/h1-2,5,9,11H,3-4,6-8,10H2. The van der Waals surface area contributed by atoms with Gasteiger partial charge in [-0.25, -0.2) is 0 Å². The number of alkyl halides is 1. The summed E-state index contributed by atoms with van der Waals surface area (Å²) < 4.78 is 0. The van der Waals surface area contributed by atoms with Crippen LogP contribution in [0.3, 0.4) is 0 Å². The molecule has 0 unspecified atom stereocenters. The molecule has 0 atom stereocenters. The van der Waals surface area contributed by atoms with Gasteiger partial charge >= 0.3 is 0 Å². The highest BCUT2D eigenvalue weighted by molar-refractivity contribution is 9.09. The first kappa shape index (κ1) is 11.1. The number of nitrogens with zero attached hydrogens (tertiary/aromatic N) is 2. The van der Waals surface area contributed by atoms with E-state index in [9.17, 15) is 0 Å². The SMILES string of the molecule is BrCC1CCN(Cc2cccnc2)CC1. The Hall–Kier alpha value is -0.410. The summed E-state index contributed by atoms with van der Waals surface area (Å²) in [6.45, 7) is 3.51. The van der Waals surface area contributed by atoms with Crippen LogP contribution in [0.2, 0.25) is 0 Å². The predicted octanol–water partition coefficient (Wildman–Crippen LogP) is 2.69. The molecule has 1 aromatic heterocycles. The van der Waals surface area contributed by atoms with E-state index in [0.717, 1.165) is 17.8 Å². The molecule has 1 aliphatic rings. The highest BCUT2D eigenvalue weighted by atomic mass is 79.9. The Morgan fingerprint density at radius 2 is 2.20 bits per heavy atom. The fraction of sp³-hybridized carbons (Fsp3) is 0.583. The fourth-order valence-corrected chi connectivity index (χ4v) is 2.70. The van der Waals surface area contributed by atoms with E-state index in [-0.39, 0.29) is 0 Å². The van der Waals surface area contributed by atoms with Crippen LogP contribution >= 0.6 is 15.9 Å². The average Bonchev–Trinajstić information content (AvgIpc) is 2.31. The maximum Gasteiger partial charge on any atom is 0.0312 e. The molecular formula is C12H17BrN2. The summed E-state index contributed by atoms with van der Waals surface area (Å²) in [5, 5.41) is 1.16. The molecule has 0 radical (unpaired) electrons. The third kappa shape index (κ3) is 3.28. The Balaban J connectivity index is 1.82. The van der Waals surface area contributed by atoms with Crippen molar-refractivity contribution in [2.24, 2.45) is 5.92 Å². The van der Waals surface area contributed by atoms with E-state index in [1.165, 1.54) is 31.5 Å². The average molecular weight is 269 g/mol. The number of rotatable bonds is 3. The molecule has 2 heterocycles. The van der Waals surface area contributed by atoms with Crippen LogP contribution < -0.4 is 0 Å². The summed E-state index contributed by atoms with van der Waals surface area (Å²) in [5.74, 6) is 0.884. The van der Waals surface area contributed by atoms with Gasteiger partial charge in [0.15, 0.2) is 0 Å². The molecule has 0 aliphatic carbocycles. The summed E-state index contributed by atoms with van der Waals surface area (Å²) in [6.07, 6.45) is 6.45. The number of halogens is 1. The second kappa shape index (κ2) is 5.61. The van der Waals surface area contributed by atoms with Crippen molar-refractivity contribution < 1.29 is 0 Å². The van der Waals surface area contributed by atoms with Crippen LogP contribution in [0.25, 0.3) is 0 Å². The molecule has 1 aliphatic heterocycles. The number of aromatic nitrogens is 1. The Bertz CT molecular complexity index is 281. The van der Waals surface area contributed by atoms with Gasteiger partial charge in [0.2, 0.25) is 0 Å². The zero-order valence-electron chi connectivity index (χ0n) is 8.90. The maximum absolute atomic E-state index is 4.15. The molecule has 0 N–H and O–H groups in total. The van der Waals surface area contributed by atoms with E-state index in [4.69, 9.17) is 0 Å². The molecule has 0 aromatic carbocycles. The van der Waals surface area contributed by atoms with E-state index in [2.05, 4.69) is 31.9 Å². The lowest BCUT2D eigenvalue weighted by molar-refractivity contribution is 0.187. The number of likely N-dealkylation sites (tertiary alicyclic amines) is 1. The number of pyridine rings is 1. The van der Waals surface area contributed by atoms with Gasteiger partial charge in [0.1, 0.15) is 0 Å². The van der Waals surface area contributed by atoms with Gasteiger partial charge in [-0.3, -0.25) is 9.88 Å². The lowest BCUT2D eigenvalue weighted by Crippen LogP contribution is -2.33. The molecule has 1 saturated heterocycles. The van der Waals surface area contributed by atoms with Crippen molar-refractivity contribution in [2.45, 2.75) is 19.4 Å². The first-order chi connectivity index (χ1) is 7.38. The molecule has 0 bridgehead atoms. The van der Waals surface area contributed by atoms with Crippen molar-refractivity contribution >= 4 is 15.9 Å². The molecule has 1 aromatic rings. The van der Waals surface area contributed by atoms with Crippen molar-refractivity contribution in [1.82, 2.24) is 9.88 Å². The van der Waals surface area contributed by atoms with Gasteiger partial charge in [0, 0.05) is 24.3 Å². The van der Waals surface area contributed by atoms with Gasteiger partial charge < -0.3 is 0 Å². The fourth-order valence-electron chi connectivity index (χ4n) is 2.05. The third-order valence-corrected chi connectivity index (χ3v) is 3.97. The molecule has 15 heavy (non-hydrogen) atoms. The van der Waals surface area contributed by atoms with Crippen LogP contribution in [0.15, 0.2) is 24.5 Å². The van der Waals surface area contributed by atoms with Crippen LogP contribution in [0.4, 0.5) is 0 Å². The second-order valence-corrected chi connectivity index (χ2v) is 4.88. The van der Waals surface area contributed by atoms with E-state index in [0.29, 0.717) is 0 Å². The molecule has 0 spiro atoms. The predicted molar refractivity (Wildman–Crippen MR) is 66.0 cm³/mol. The lowest BCUT2D eigenvalue weighted by Gasteiger charge is -2.30. The molecule has 2 rings (SSSR count). The first-order valence-corrected chi connectivity index (χ1v) is 6.68. The molecular weight excluding hydrogens is 252 g/mol. The van der Waals surface area contributed by atoms with E-state index in [1.807, 2.05) is 18.5 Å². The minimum Gasteiger partial charge on any atom is -0.299 e. The van der Waals surface area contributed by atoms with Crippen molar-refractivity contribution in [3.05, 3.63) is 30.1 Å². The zero-order chi connectivity index (χ0) is 10.5. The molecule has 82 valence electrons. The largest absolute Gasteiger partial charge is 0.299 e. The highest BCUT2D eigenvalue weighted by Crippen LogP contribution is 2.20. The second-order valence-electron chi connectivity index (χ2n) is 4.24. The summed E-state index contributed by atoms with van der Waals surface area (Å²) in [4.78, 5) is 6.67. The van der Waals surface area contributed by atoms with Gasteiger partial charge in [-0.05, 0) is 43.5 Å². The van der Waals surface area contributed by atoms with Crippen molar-refractivity contribution in [3.8, 4) is 0 Å². The number of hydrogen-bond acceptors (Lipinski definition) is 2. The van der Waals surface area contributed by atoms with Crippen LogP contribution in [0.1, 0.15) is 18.4 Å². The zero-order valence-corrected chi connectivity index (χ0v) is 10.5. The van der Waals surface area contributed by atoms with Crippen LogP contribution in [-0.2, 0) is 6.54 Å². The summed E-state index contributed by atoms with van der Waals surface area (Å²) >= 11 is 3.57. The number of hydrogen-bond donors (Lipinski definition) is 0. The van der Waals surface area contributed by atoms with Crippen LogP contribution in [-0.4, -0.2) is 28.3 Å². The third-order valence-electron chi connectivity index (χ3n) is 3.05. The van der Waals surface area contributed by atoms with Crippen molar-refractivity contribution in [1.29, 1.82) is 0 Å². The number of piperidine rings is 1. The van der Waals surface area contributed by atoms with E-state index >= 15 is 0 Å². The molecule has 2 nitrogen and oxygen atoms in total. The van der Waals surface area contributed by atoms with Crippen LogP contribution in [0, 0.1) is 5.92 Å². The Labute approximate surface area is 99.8 Å². The maximum atomic E-state index is 4.15. The molecule has 0 amide bonds. The first-order valence-electron chi connectivity index (χ1n) is 5.55. The lowest BCUT2D eigenvalue weighted by atomic mass is 9.99. The topological polar surface area (TPSA) is 16.1 Å². The monoisotopic (exact) mass is 268 g/mol. The minimum absolute atomic E-state index is 0.884. The van der Waals surface area contributed by atoms with Gasteiger partial charge in [-0.15, -0.1) is 0 Å². The molecule has 0 saturated carbocycles. The Kier molecular flexibility index (Phi) is 4.15. The normalized spacial score (nSPS) is 19.3. The summed E-state index contributed by atoms with van der Waals surface area (Å²) in [5.41, 5.74) is 1.33. The van der Waals surface area contributed by atoms with Gasteiger partial charge in [-0.2, -0.15) is 0 Å². The molecule has 3 heteroatoms. The van der Waals surface area contributed by atoms with Crippen molar-refractivity contribution in [3.63, 3.8) is 0 Å². The molecule has 1 fully saturated rings. The highest BCUT2D eigenvalue weighted by Gasteiger charge is 2.17. The van der Waals surface area contributed by atoms with Gasteiger partial charge in [0.25, 0.3) is 0 Å². The van der Waals surface area contributed by atoms with Crippen molar-refractivity contribution in [2.75, 3.05) is 18.4 Å². The van der Waals surface area contributed by atoms with Gasteiger partial charge in [-0.1, -0.05) is 22.0 Å². The Morgan fingerprint density at radius 3 is 2.80 bits per heavy atom. The summed E-state index contributed by atoms with van der Waals surface area (Å²) in [6, 6.07) is 4.17. The smallest absolute Gasteiger partial charge is 0.0312 e. The van der Waals surface area contributed by atoms with E-state index in [1.54, 1.807) is 0 Å². The Morgan fingerprint density at radius 1 is 1.40 bits per heavy atom. The van der Waals surface area contributed by atoms with Crippen LogP contribution in [0.5, 0.6) is 0 Å². The quantitative estimate of drug-likeness (QED) is 0.784. The van der Waals surface area contributed by atoms with E-state index < -0.39 is 0 Å².